The Hall–Kier alpha value is -4.10. The Morgan fingerprint density at radius 2 is 1.73 bits per heavy atom. The van der Waals surface area contributed by atoms with E-state index in [0.29, 0.717) is 27.3 Å². The molecule has 5 rings (SSSR count). The number of nitrogens with one attached hydrogen (secondary N) is 1. The molecule has 2 aromatic heterocycles. The van der Waals surface area contributed by atoms with Crippen LogP contribution in [0.1, 0.15) is 16.1 Å². The minimum absolute atomic E-state index is 0.388. The minimum atomic E-state index is -0.567. The molecule has 2 heterocycles. The second-order valence-electron chi connectivity index (χ2n) is 7.55. The number of para-hydroxylation sites is 1. The molecule has 0 fully saturated rings. The van der Waals surface area contributed by atoms with Gasteiger partial charge in [-0.15, -0.1) is 11.3 Å². The van der Waals surface area contributed by atoms with Crippen LogP contribution in [-0.2, 0) is 9.53 Å². The van der Waals surface area contributed by atoms with Crippen molar-refractivity contribution in [3.05, 3.63) is 89.4 Å². The van der Waals surface area contributed by atoms with Gasteiger partial charge in [-0.3, -0.25) is 15.1 Å². The summed E-state index contributed by atoms with van der Waals surface area (Å²) in [7, 11) is 0. The molecule has 1 amide bonds. The first kappa shape index (κ1) is 20.8. The van der Waals surface area contributed by atoms with Crippen LogP contribution in [0.2, 0.25) is 0 Å². The zero-order chi connectivity index (χ0) is 22.8. The van der Waals surface area contributed by atoms with E-state index in [2.05, 4.69) is 33.5 Å². The standard InChI is InChI=1S/C26H19N3O3S/c1-16-12-21(20-8-4-5-9-22(20)27-16)25(31)32-14-24(30)29-26-28-23(15-33-26)19-11-10-17-6-2-3-7-18(17)13-19/h2-13,15H,14H2,1H3,(H,28,29,30). The number of fused-ring (bicyclic) bond motifs is 2. The molecule has 33 heavy (non-hydrogen) atoms. The molecule has 0 atom stereocenters. The van der Waals surface area contributed by atoms with Crippen molar-refractivity contribution in [2.24, 2.45) is 0 Å². The summed E-state index contributed by atoms with van der Waals surface area (Å²) in [6.07, 6.45) is 0. The number of amides is 1. The van der Waals surface area contributed by atoms with Crippen LogP contribution in [0.5, 0.6) is 0 Å². The van der Waals surface area contributed by atoms with Gasteiger partial charge < -0.3 is 4.74 Å². The zero-order valence-electron chi connectivity index (χ0n) is 17.7. The smallest absolute Gasteiger partial charge is 0.339 e. The number of hydrogen-bond donors (Lipinski definition) is 1. The summed E-state index contributed by atoms with van der Waals surface area (Å²) in [5.74, 6) is -1.01. The van der Waals surface area contributed by atoms with Crippen LogP contribution in [0.4, 0.5) is 5.13 Å². The van der Waals surface area contributed by atoms with E-state index in [-0.39, 0.29) is 0 Å². The molecule has 0 radical (unpaired) electrons. The lowest BCUT2D eigenvalue weighted by atomic mass is 10.1. The lowest BCUT2D eigenvalue weighted by Crippen LogP contribution is -2.21. The number of anilines is 1. The summed E-state index contributed by atoms with van der Waals surface area (Å²) in [6.45, 7) is 1.41. The van der Waals surface area contributed by atoms with E-state index in [0.717, 1.165) is 22.0 Å². The van der Waals surface area contributed by atoms with Crippen LogP contribution in [-0.4, -0.2) is 28.5 Å². The third kappa shape index (κ3) is 4.44. The highest BCUT2D eigenvalue weighted by Crippen LogP contribution is 2.28. The van der Waals surface area contributed by atoms with Crippen LogP contribution in [0, 0.1) is 6.92 Å². The van der Waals surface area contributed by atoms with Gasteiger partial charge in [-0.1, -0.05) is 54.6 Å². The number of carbonyl (C=O) groups excluding carboxylic acids is 2. The van der Waals surface area contributed by atoms with Gasteiger partial charge in [-0.25, -0.2) is 9.78 Å². The number of esters is 1. The lowest BCUT2D eigenvalue weighted by molar-refractivity contribution is -0.119. The number of pyridine rings is 1. The van der Waals surface area contributed by atoms with E-state index in [1.54, 1.807) is 6.07 Å². The van der Waals surface area contributed by atoms with Crippen molar-refractivity contribution in [2.75, 3.05) is 11.9 Å². The van der Waals surface area contributed by atoms with E-state index in [4.69, 9.17) is 4.74 Å². The van der Waals surface area contributed by atoms with Crippen LogP contribution in [0.15, 0.2) is 78.2 Å². The first-order chi connectivity index (χ1) is 16.1. The fraction of sp³-hybridized carbons (Fsp3) is 0.0769. The third-order valence-electron chi connectivity index (χ3n) is 5.19. The van der Waals surface area contributed by atoms with E-state index in [1.807, 2.05) is 60.8 Å². The Bertz CT molecular complexity index is 1510. The summed E-state index contributed by atoms with van der Waals surface area (Å²) >= 11 is 1.32. The number of ether oxygens (including phenoxy) is 1. The molecule has 3 aromatic carbocycles. The van der Waals surface area contributed by atoms with Gasteiger partial charge in [0.25, 0.3) is 5.91 Å². The van der Waals surface area contributed by atoms with Gasteiger partial charge in [-0.2, -0.15) is 0 Å². The van der Waals surface area contributed by atoms with Gasteiger partial charge >= 0.3 is 5.97 Å². The number of aromatic nitrogens is 2. The highest BCUT2D eigenvalue weighted by molar-refractivity contribution is 7.14. The Balaban J connectivity index is 1.25. The van der Waals surface area contributed by atoms with Crippen molar-refractivity contribution in [2.45, 2.75) is 6.92 Å². The highest BCUT2D eigenvalue weighted by atomic mass is 32.1. The van der Waals surface area contributed by atoms with Crippen molar-refractivity contribution < 1.29 is 14.3 Å². The van der Waals surface area contributed by atoms with Gasteiger partial charge in [0.05, 0.1) is 16.8 Å². The van der Waals surface area contributed by atoms with Crippen molar-refractivity contribution in [1.29, 1.82) is 0 Å². The Morgan fingerprint density at radius 3 is 2.61 bits per heavy atom. The Labute approximate surface area is 193 Å². The second kappa shape index (κ2) is 8.80. The maximum atomic E-state index is 12.6. The number of aryl methyl sites for hydroxylation is 1. The molecule has 0 aliphatic heterocycles. The van der Waals surface area contributed by atoms with Crippen LogP contribution >= 0.6 is 11.3 Å². The number of benzene rings is 3. The first-order valence-electron chi connectivity index (χ1n) is 10.3. The molecule has 0 bridgehead atoms. The third-order valence-corrected chi connectivity index (χ3v) is 5.95. The van der Waals surface area contributed by atoms with Gasteiger partial charge in [0.2, 0.25) is 0 Å². The molecular weight excluding hydrogens is 434 g/mol. The van der Waals surface area contributed by atoms with E-state index >= 15 is 0 Å². The molecule has 1 N–H and O–H groups in total. The normalized spacial score (nSPS) is 10.9. The van der Waals surface area contributed by atoms with Crippen molar-refractivity contribution in [3.63, 3.8) is 0 Å². The molecule has 0 aliphatic carbocycles. The number of rotatable bonds is 5. The largest absolute Gasteiger partial charge is 0.452 e. The van der Waals surface area contributed by atoms with Crippen molar-refractivity contribution in [1.82, 2.24) is 9.97 Å². The van der Waals surface area contributed by atoms with Crippen molar-refractivity contribution >= 4 is 50.0 Å². The molecule has 5 aromatic rings. The maximum Gasteiger partial charge on any atom is 0.339 e. The Kier molecular flexibility index (Phi) is 5.54. The van der Waals surface area contributed by atoms with Gasteiger partial charge in [0.1, 0.15) is 0 Å². The monoisotopic (exact) mass is 453 g/mol. The van der Waals surface area contributed by atoms with E-state index < -0.39 is 18.5 Å². The first-order valence-corrected chi connectivity index (χ1v) is 11.2. The summed E-state index contributed by atoms with van der Waals surface area (Å²) in [5.41, 5.74) is 3.54. The zero-order valence-corrected chi connectivity index (χ0v) is 18.6. The maximum absolute atomic E-state index is 12.6. The fourth-order valence-corrected chi connectivity index (χ4v) is 4.39. The Morgan fingerprint density at radius 1 is 0.939 bits per heavy atom. The molecule has 6 nitrogen and oxygen atoms in total. The predicted octanol–water partition coefficient (Wildman–Crippen LogP) is 5.62. The van der Waals surface area contributed by atoms with Crippen molar-refractivity contribution in [3.8, 4) is 11.3 Å². The summed E-state index contributed by atoms with van der Waals surface area (Å²) in [4.78, 5) is 33.9. The molecular formula is C26H19N3O3S. The molecule has 0 spiro atoms. The van der Waals surface area contributed by atoms with Gasteiger partial charge in [0, 0.05) is 22.0 Å². The quantitative estimate of drug-likeness (QED) is 0.350. The average Bonchev–Trinajstić information content (AvgIpc) is 3.30. The lowest BCUT2D eigenvalue weighted by Gasteiger charge is -2.08. The SMILES string of the molecule is Cc1cc(C(=O)OCC(=O)Nc2nc(-c3ccc4ccccc4c3)cs2)c2ccccc2n1. The minimum Gasteiger partial charge on any atom is -0.452 e. The van der Waals surface area contributed by atoms with Crippen LogP contribution in [0.25, 0.3) is 32.9 Å². The summed E-state index contributed by atoms with van der Waals surface area (Å²) < 4.78 is 5.26. The highest BCUT2D eigenvalue weighted by Gasteiger charge is 2.16. The van der Waals surface area contributed by atoms with Gasteiger partial charge in [0.15, 0.2) is 11.7 Å². The molecule has 0 aliphatic rings. The molecule has 162 valence electrons. The fourth-order valence-electron chi connectivity index (χ4n) is 3.65. The van der Waals surface area contributed by atoms with Crippen LogP contribution in [0.3, 0.4) is 0 Å². The summed E-state index contributed by atoms with van der Waals surface area (Å²) in [5, 5.41) is 8.01. The summed E-state index contributed by atoms with van der Waals surface area (Å²) in [6, 6.07) is 23.2. The predicted molar refractivity (Wildman–Crippen MR) is 130 cm³/mol. The number of thiazole rings is 1. The van der Waals surface area contributed by atoms with Gasteiger partial charge in [-0.05, 0) is 35.9 Å². The second-order valence-corrected chi connectivity index (χ2v) is 8.41. The number of hydrogen-bond acceptors (Lipinski definition) is 6. The average molecular weight is 454 g/mol. The molecule has 7 heteroatoms. The number of carbonyl (C=O) groups is 2. The topological polar surface area (TPSA) is 81.2 Å². The van der Waals surface area contributed by atoms with Crippen LogP contribution < -0.4 is 5.32 Å². The molecule has 0 unspecified atom stereocenters. The number of nitrogens with zero attached hydrogens (tertiary/aromatic N) is 2. The molecule has 0 saturated heterocycles. The molecule has 0 saturated carbocycles. The van der Waals surface area contributed by atoms with E-state index in [9.17, 15) is 9.59 Å². The van der Waals surface area contributed by atoms with E-state index in [1.165, 1.54) is 11.3 Å².